The van der Waals surface area contributed by atoms with Gasteiger partial charge in [-0.1, -0.05) is 25.8 Å². The number of alkyl halides is 3. The van der Waals surface area contributed by atoms with Crippen molar-refractivity contribution in [2.45, 2.75) is 50.9 Å². The minimum absolute atomic E-state index is 0.0000962. The lowest BCUT2D eigenvalue weighted by atomic mass is 9.83. The Kier molecular flexibility index (Phi) is 6.54. The molecule has 0 aliphatic rings. The largest absolute Gasteiger partial charge is 0.508 e. The predicted molar refractivity (Wildman–Crippen MR) is 109 cm³/mol. The Hall–Kier alpha value is -3.01. The first kappa shape index (κ1) is 23.6. The van der Waals surface area contributed by atoms with Crippen LogP contribution in [0.3, 0.4) is 0 Å². The highest BCUT2D eigenvalue weighted by Crippen LogP contribution is 2.46. The standard InChI is InChI=1S/C22H22F5N3O2/c1-3-4-7-21(32,22(25,26)27)20(15-6-5-14(31)10-17(15)24)30-19-9-13(23)8-18-16(19)11-28-12(2)29-18/h5-6,8-11,20,30-32H,3-4,7H2,1-2H3. The number of hydrogen-bond acceptors (Lipinski definition) is 5. The number of halogens is 5. The van der Waals surface area contributed by atoms with E-state index in [2.05, 4.69) is 15.3 Å². The number of unbranched alkanes of at least 4 members (excludes halogenated alkanes) is 1. The molecule has 0 bridgehead atoms. The van der Waals surface area contributed by atoms with Crippen LogP contribution in [-0.4, -0.2) is 32.0 Å². The maximum atomic E-state index is 14.7. The lowest BCUT2D eigenvalue weighted by Crippen LogP contribution is -2.52. The van der Waals surface area contributed by atoms with Crippen LogP contribution in [0.25, 0.3) is 10.9 Å². The van der Waals surface area contributed by atoms with Crippen molar-refractivity contribution < 1.29 is 32.2 Å². The van der Waals surface area contributed by atoms with Gasteiger partial charge >= 0.3 is 6.18 Å². The second kappa shape index (κ2) is 8.85. The zero-order valence-electron chi connectivity index (χ0n) is 17.3. The number of hydrogen-bond donors (Lipinski definition) is 3. The summed E-state index contributed by atoms with van der Waals surface area (Å²) in [7, 11) is 0. The fourth-order valence-electron chi connectivity index (χ4n) is 3.57. The third kappa shape index (κ3) is 4.59. The second-order valence-corrected chi connectivity index (χ2v) is 7.61. The molecule has 3 aromatic rings. The van der Waals surface area contributed by atoms with Gasteiger partial charge in [-0.05, 0) is 25.5 Å². The Balaban J connectivity index is 2.23. The van der Waals surface area contributed by atoms with Crippen molar-refractivity contribution in [1.82, 2.24) is 9.97 Å². The fourth-order valence-corrected chi connectivity index (χ4v) is 3.57. The third-order valence-electron chi connectivity index (χ3n) is 5.26. The maximum absolute atomic E-state index is 14.7. The van der Waals surface area contributed by atoms with Gasteiger partial charge in [-0.15, -0.1) is 0 Å². The highest BCUT2D eigenvalue weighted by atomic mass is 19.4. The van der Waals surface area contributed by atoms with E-state index in [0.717, 1.165) is 24.3 Å². The molecule has 172 valence electrons. The molecule has 2 atom stereocenters. The summed E-state index contributed by atoms with van der Waals surface area (Å²) in [6.45, 7) is 3.22. The van der Waals surface area contributed by atoms with Gasteiger partial charge in [0.05, 0.1) is 11.6 Å². The Morgan fingerprint density at radius 2 is 1.84 bits per heavy atom. The van der Waals surface area contributed by atoms with E-state index < -0.39 is 47.2 Å². The van der Waals surface area contributed by atoms with Gasteiger partial charge in [0, 0.05) is 35.0 Å². The first-order valence-corrected chi connectivity index (χ1v) is 9.93. The molecule has 2 aromatic carbocycles. The number of nitrogens with one attached hydrogen (secondary N) is 1. The smallest absolute Gasteiger partial charge is 0.419 e. The number of aryl methyl sites for hydroxylation is 1. The maximum Gasteiger partial charge on any atom is 0.419 e. The number of nitrogens with zero attached hydrogens (tertiary/aromatic N) is 2. The van der Waals surface area contributed by atoms with Gasteiger partial charge in [-0.25, -0.2) is 18.7 Å². The third-order valence-corrected chi connectivity index (χ3v) is 5.26. The lowest BCUT2D eigenvalue weighted by molar-refractivity contribution is -0.269. The molecule has 1 aromatic heterocycles. The average Bonchev–Trinajstić information content (AvgIpc) is 2.69. The van der Waals surface area contributed by atoms with Crippen LogP contribution in [0, 0.1) is 18.6 Å². The fraction of sp³-hybridized carbons (Fsp3) is 0.364. The highest BCUT2D eigenvalue weighted by molar-refractivity contribution is 5.91. The summed E-state index contributed by atoms with van der Waals surface area (Å²) in [5.74, 6) is -2.11. The molecule has 0 fully saturated rings. The van der Waals surface area contributed by atoms with E-state index in [0.29, 0.717) is 18.3 Å². The van der Waals surface area contributed by atoms with Crippen molar-refractivity contribution in [1.29, 1.82) is 0 Å². The molecule has 0 spiro atoms. The number of phenolic OH excluding ortho intramolecular Hbond substituents is 1. The summed E-state index contributed by atoms with van der Waals surface area (Å²) < 4.78 is 71.5. The lowest BCUT2D eigenvalue weighted by Gasteiger charge is -2.39. The number of aliphatic hydroxyl groups is 1. The minimum Gasteiger partial charge on any atom is -0.508 e. The van der Waals surface area contributed by atoms with Gasteiger partial charge in [-0.2, -0.15) is 13.2 Å². The van der Waals surface area contributed by atoms with Crippen LogP contribution in [0.2, 0.25) is 0 Å². The van der Waals surface area contributed by atoms with Gasteiger partial charge in [0.15, 0.2) is 5.60 Å². The molecular weight excluding hydrogens is 433 g/mol. The van der Waals surface area contributed by atoms with Crippen molar-refractivity contribution in [2.24, 2.45) is 0 Å². The number of fused-ring (bicyclic) bond motifs is 1. The van der Waals surface area contributed by atoms with Gasteiger partial charge in [-0.3, -0.25) is 0 Å². The molecule has 0 radical (unpaired) electrons. The number of rotatable bonds is 7. The van der Waals surface area contributed by atoms with Crippen molar-refractivity contribution in [3.63, 3.8) is 0 Å². The van der Waals surface area contributed by atoms with E-state index in [9.17, 15) is 32.2 Å². The van der Waals surface area contributed by atoms with E-state index in [-0.39, 0.29) is 23.0 Å². The summed E-state index contributed by atoms with van der Waals surface area (Å²) in [4.78, 5) is 8.09. The first-order chi connectivity index (χ1) is 15.0. The van der Waals surface area contributed by atoms with Crippen molar-refractivity contribution >= 4 is 16.6 Å². The Morgan fingerprint density at radius 1 is 1.12 bits per heavy atom. The number of benzene rings is 2. The predicted octanol–water partition coefficient (Wildman–Crippen LogP) is 5.56. The van der Waals surface area contributed by atoms with E-state index >= 15 is 0 Å². The van der Waals surface area contributed by atoms with Crippen LogP contribution in [0.1, 0.15) is 43.6 Å². The van der Waals surface area contributed by atoms with Crippen LogP contribution >= 0.6 is 0 Å². The topological polar surface area (TPSA) is 78.3 Å². The number of anilines is 1. The summed E-state index contributed by atoms with van der Waals surface area (Å²) in [5, 5.41) is 23.1. The van der Waals surface area contributed by atoms with Crippen molar-refractivity contribution in [3.05, 3.63) is 59.6 Å². The molecule has 2 unspecified atom stereocenters. The summed E-state index contributed by atoms with van der Waals surface area (Å²) in [5.41, 5.74) is -3.94. The second-order valence-electron chi connectivity index (χ2n) is 7.61. The average molecular weight is 455 g/mol. The molecule has 3 rings (SSSR count). The molecule has 0 aliphatic heterocycles. The molecule has 32 heavy (non-hydrogen) atoms. The number of aromatic nitrogens is 2. The molecule has 0 amide bonds. The van der Waals surface area contributed by atoms with Crippen molar-refractivity contribution in [2.75, 3.05) is 5.32 Å². The minimum atomic E-state index is -5.15. The van der Waals surface area contributed by atoms with E-state index in [1.165, 1.54) is 6.20 Å². The Morgan fingerprint density at radius 3 is 2.47 bits per heavy atom. The molecule has 5 nitrogen and oxygen atoms in total. The molecule has 0 saturated heterocycles. The molecule has 1 heterocycles. The highest BCUT2D eigenvalue weighted by Gasteiger charge is 2.59. The molecular formula is C22H22F5N3O2. The zero-order valence-corrected chi connectivity index (χ0v) is 17.3. The van der Waals surface area contributed by atoms with Crippen LogP contribution in [0.15, 0.2) is 36.5 Å². The van der Waals surface area contributed by atoms with Crippen LogP contribution in [0.4, 0.5) is 27.6 Å². The van der Waals surface area contributed by atoms with Gasteiger partial charge in [0.2, 0.25) is 0 Å². The Bertz CT molecular complexity index is 1120. The summed E-state index contributed by atoms with van der Waals surface area (Å²) in [6, 6.07) is 2.59. The zero-order chi connectivity index (χ0) is 23.7. The summed E-state index contributed by atoms with van der Waals surface area (Å²) in [6.07, 6.45) is -4.23. The van der Waals surface area contributed by atoms with Crippen LogP contribution < -0.4 is 5.32 Å². The van der Waals surface area contributed by atoms with E-state index in [1.807, 2.05) is 0 Å². The SMILES string of the molecule is CCCCC(O)(C(Nc1cc(F)cc2nc(C)ncc12)c1ccc(O)cc1F)C(F)(F)F. The summed E-state index contributed by atoms with van der Waals surface area (Å²) >= 11 is 0. The van der Waals surface area contributed by atoms with Crippen LogP contribution in [0.5, 0.6) is 5.75 Å². The van der Waals surface area contributed by atoms with E-state index in [1.54, 1.807) is 13.8 Å². The quantitative estimate of drug-likeness (QED) is 0.407. The molecule has 0 aliphatic carbocycles. The van der Waals surface area contributed by atoms with Crippen molar-refractivity contribution in [3.8, 4) is 5.75 Å². The molecule has 0 saturated carbocycles. The van der Waals surface area contributed by atoms with Crippen LogP contribution in [-0.2, 0) is 0 Å². The van der Waals surface area contributed by atoms with E-state index in [4.69, 9.17) is 0 Å². The van der Waals surface area contributed by atoms with Gasteiger partial charge < -0.3 is 15.5 Å². The normalized spacial score (nSPS) is 14.9. The number of aromatic hydroxyl groups is 1. The Labute approximate surface area is 180 Å². The number of phenols is 1. The monoisotopic (exact) mass is 455 g/mol. The molecule has 10 heteroatoms. The van der Waals surface area contributed by atoms with Gasteiger partial charge in [0.1, 0.15) is 23.2 Å². The first-order valence-electron chi connectivity index (χ1n) is 9.93. The van der Waals surface area contributed by atoms with Gasteiger partial charge in [0.25, 0.3) is 0 Å². The molecule has 3 N–H and O–H groups in total.